The van der Waals surface area contributed by atoms with Gasteiger partial charge < -0.3 is 24.8 Å². The Morgan fingerprint density at radius 2 is 1.69 bits per heavy atom. The van der Waals surface area contributed by atoms with Crippen LogP contribution in [0.2, 0.25) is 6.32 Å². The Kier molecular flexibility index (Phi) is 6.83. The van der Waals surface area contributed by atoms with Crippen LogP contribution < -0.4 is 10.6 Å². The van der Waals surface area contributed by atoms with Gasteiger partial charge >= 0.3 is 7.12 Å². The van der Waals surface area contributed by atoms with Gasteiger partial charge in [0.1, 0.15) is 5.54 Å². The fraction of sp³-hybridized carbons (Fsp3) is 0.905. The van der Waals surface area contributed by atoms with Crippen molar-refractivity contribution in [2.45, 2.75) is 96.8 Å². The molecule has 2 N–H and O–H groups in total. The molecule has 2 saturated heterocycles. The Morgan fingerprint density at radius 3 is 2.17 bits per heavy atom. The summed E-state index contributed by atoms with van der Waals surface area (Å²) in [6.45, 7) is 16.9. The fourth-order valence-electron chi connectivity index (χ4n) is 4.35. The van der Waals surface area contributed by atoms with Crippen molar-refractivity contribution in [1.82, 2.24) is 15.5 Å². The molecule has 2 rings (SSSR count). The van der Waals surface area contributed by atoms with E-state index in [9.17, 15) is 9.59 Å². The van der Waals surface area contributed by atoms with Crippen molar-refractivity contribution >= 4 is 18.9 Å². The number of hydrogen-bond donors (Lipinski definition) is 2. The van der Waals surface area contributed by atoms with Gasteiger partial charge in [0.2, 0.25) is 11.8 Å². The molecule has 2 heterocycles. The third kappa shape index (κ3) is 5.95. The molecule has 0 spiro atoms. The SMILES string of the molecule is CC(=O)N[C@]1(C(=O)NC(C)(C)C)C[C@H](CCB2OC(C)(C)C(C)(C)O2)CN(C)C1. The van der Waals surface area contributed by atoms with Crippen LogP contribution in [0.4, 0.5) is 0 Å². The van der Waals surface area contributed by atoms with Gasteiger partial charge in [-0.15, -0.1) is 0 Å². The molecule has 2 amide bonds. The Balaban J connectivity index is 2.10. The van der Waals surface area contributed by atoms with E-state index in [0.717, 1.165) is 19.3 Å². The summed E-state index contributed by atoms with van der Waals surface area (Å²) in [5.41, 5.74) is -1.97. The minimum Gasteiger partial charge on any atom is -0.403 e. The second-order valence-electron chi connectivity index (χ2n) is 11.0. The van der Waals surface area contributed by atoms with Gasteiger partial charge in [-0.2, -0.15) is 0 Å². The predicted octanol–water partition coefficient (Wildman–Crippen LogP) is 2.21. The van der Waals surface area contributed by atoms with Crippen LogP contribution in [0.15, 0.2) is 0 Å². The highest BCUT2D eigenvalue weighted by Gasteiger charge is 2.51. The molecule has 8 heteroatoms. The first kappa shape index (κ1) is 24.2. The first-order chi connectivity index (χ1) is 13.1. The van der Waals surface area contributed by atoms with E-state index in [-0.39, 0.29) is 41.6 Å². The van der Waals surface area contributed by atoms with Gasteiger partial charge in [-0.3, -0.25) is 9.59 Å². The summed E-state index contributed by atoms with van der Waals surface area (Å²) in [5, 5.41) is 6.04. The lowest BCUT2D eigenvalue weighted by atomic mass is 9.74. The van der Waals surface area contributed by atoms with Crippen molar-refractivity contribution in [3.05, 3.63) is 0 Å². The molecule has 7 nitrogen and oxygen atoms in total. The van der Waals surface area contributed by atoms with Gasteiger partial charge in [-0.1, -0.05) is 6.42 Å². The monoisotopic (exact) mass is 409 g/mol. The molecule has 2 fully saturated rings. The Bertz CT molecular complexity index is 616. The molecule has 2 aliphatic heterocycles. The van der Waals surface area contributed by atoms with Crippen molar-refractivity contribution in [2.24, 2.45) is 5.92 Å². The summed E-state index contributed by atoms with van der Waals surface area (Å²) in [7, 11) is 1.76. The number of piperidine rings is 1. The van der Waals surface area contributed by atoms with Gasteiger partial charge in [0.05, 0.1) is 11.2 Å². The van der Waals surface area contributed by atoms with Crippen molar-refractivity contribution < 1.29 is 18.9 Å². The number of nitrogens with one attached hydrogen (secondary N) is 2. The van der Waals surface area contributed by atoms with Gasteiger partial charge in [0, 0.05) is 25.6 Å². The van der Waals surface area contributed by atoms with Crippen LogP contribution in [-0.2, 0) is 18.9 Å². The van der Waals surface area contributed by atoms with Crippen LogP contribution >= 0.6 is 0 Å². The summed E-state index contributed by atoms with van der Waals surface area (Å²) in [5.74, 6) is -0.0493. The standard InChI is InChI=1S/C21H40BN3O4/c1-15(26)23-21(17(27)24-18(2,3)4)12-16(13-25(9)14-21)10-11-22-28-19(5,6)20(7,8)29-22/h16H,10-14H2,1-9H3,(H,23,26)(H,24,27)/t16-,21+/m0/s1. The lowest BCUT2D eigenvalue weighted by Crippen LogP contribution is -2.68. The number of carbonyl (C=O) groups excluding carboxylic acids is 2. The van der Waals surface area contributed by atoms with Crippen molar-refractivity contribution in [2.75, 3.05) is 20.1 Å². The number of likely N-dealkylation sites (N-methyl/N-ethyl adjacent to an activating group) is 1. The number of hydrogen-bond acceptors (Lipinski definition) is 5. The number of likely N-dealkylation sites (tertiary alicyclic amines) is 1. The summed E-state index contributed by atoms with van der Waals surface area (Å²) >= 11 is 0. The third-order valence-electron chi connectivity index (χ3n) is 6.20. The smallest absolute Gasteiger partial charge is 0.403 e. The minimum atomic E-state index is -0.924. The summed E-state index contributed by atoms with van der Waals surface area (Å²) in [6.07, 6.45) is 2.24. The van der Waals surface area contributed by atoms with Crippen LogP contribution in [0.1, 0.15) is 68.2 Å². The average Bonchev–Trinajstić information content (AvgIpc) is 2.69. The molecule has 0 aliphatic carbocycles. The normalized spacial score (nSPS) is 29.6. The van der Waals surface area contributed by atoms with Crippen molar-refractivity contribution in [3.8, 4) is 0 Å². The number of amides is 2. The molecule has 0 unspecified atom stereocenters. The zero-order valence-corrected chi connectivity index (χ0v) is 19.8. The van der Waals surface area contributed by atoms with Gasteiger partial charge in [-0.05, 0) is 74.2 Å². The van der Waals surface area contributed by atoms with E-state index in [1.807, 2.05) is 27.8 Å². The molecule has 2 aliphatic rings. The van der Waals surface area contributed by atoms with Gasteiger partial charge in [0.25, 0.3) is 0 Å². The molecule has 29 heavy (non-hydrogen) atoms. The topological polar surface area (TPSA) is 79.9 Å². The molecule has 2 atom stereocenters. The second-order valence-corrected chi connectivity index (χ2v) is 11.0. The highest BCUT2D eigenvalue weighted by Crippen LogP contribution is 2.39. The molecular weight excluding hydrogens is 369 g/mol. The van der Waals surface area contributed by atoms with Crippen LogP contribution in [0, 0.1) is 5.92 Å². The van der Waals surface area contributed by atoms with Crippen molar-refractivity contribution in [1.29, 1.82) is 0 Å². The molecule has 0 aromatic carbocycles. The highest BCUT2D eigenvalue weighted by molar-refractivity contribution is 6.45. The highest BCUT2D eigenvalue weighted by atomic mass is 16.7. The molecule has 0 saturated carbocycles. The minimum absolute atomic E-state index is 0.118. The Hall–Kier alpha value is -1.12. The maximum atomic E-state index is 13.2. The van der Waals surface area contributed by atoms with E-state index in [1.54, 1.807) is 0 Å². The largest absolute Gasteiger partial charge is 0.457 e. The van der Waals surface area contributed by atoms with Crippen molar-refractivity contribution in [3.63, 3.8) is 0 Å². The molecule has 0 bridgehead atoms. The van der Waals surface area contributed by atoms with E-state index < -0.39 is 5.54 Å². The fourth-order valence-corrected chi connectivity index (χ4v) is 4.35. The second kappa shape index (κ2) is 8.19. The Morgan fingerprint density at radius 1 is 1.14 bits per heavy atom. The summed E-state index contributed by atoms with van der Waals surface area (Å²) in [6, 6.07) is 0. The van der Waals surface area contributed by atoms with E-state index in [2.05, 4.69) is 43.2 Å². The molecule has 166 valence electrons. The van der Waals surface area contributed by atoms with E-state index in [1.165, 1.54) is 6.92 Å². The average molecular weight is 409 g/mol. The molecular formula is C21H40BN3O4. The molecule has 0 aromatic heterocycles. The lowest BCUT2D eigenvalue weighted by Gasteiger charge is -2.45. The summed E-state index contributed by atoms with van der Waals surface area (Å²) < 4.78 is 12.3. The lowest BCUT2D eigenvalue weighted by molar-refractivity contribution is -0.137. The first-order valence-corrected chi connectivity index (χ1v) is 10.7. The molecule has 0 radical (unpaired) electrons. The number of nitrogens with zero attached hydrogens (tertiary/aromatic N) is 1. The Labute approximate surface area is 176 Å². The van der Waals surface area contributed by atoms with Gasteiger partial charge in [0.15, 0.2) is 0 Å². The number of rotatable bonds is 5. The van der Waals surface area contributed by atoms with Crippen LogP contribution in [0.5, 0.6) is 0 Å². The quantitative estimate of drug-likeness (QED) is 0.681. The van der Waals surface area contributed by atoms with E-state index >= 15 is 0 Å². The van der Waals surface area contributed by atoms with E-state index in [4.69, 9.17) is 9.31 Å². The maximum Gasteiger partial charge on any atom is 0.457 e. The van der Waals surface area contributed by atoms with E-state index in [0.29, 0.717) is 13.0 Å². The zero-order valence-electron chi connectivity index (χ0n) is 19.8. The zero-order chi connectivity index (χ0) is 22.3. The predicted molar refractivity (Wildman–Crippen MR) is 116 cm³/mol. The first-order valence-electron chi connectivity index (χ1n) is 10.7. The van der Waals surface area contributed by atoms with Crippen LogP contribution in [0.25, 0.3) is 0 Å². The third-order valence-corrected chi connectivity index (χ3v) is 6.20. The van der Waals surface area contributed by atoms with Crippen LogP contribution in [0.3, 0.4) is 0 Å². The van der Waals surface area contributed by atoms with Gasteiger partial charge in [-0.25, -0.2) is 0 Å². The molecule has 0 aromatic rings. The summed E-state index contributed by atoms with van der Waals surface area (Å²) in [4.78, 5) is 27.3. The number of carbonyl (C=O) groups is 2. The van der Waals surface area contributed by atoms with Crippen LogP contribution in [-0.4, -0.2) is 66.2 Å². The maximum absolute atomic E-state index is 13.2.